The number of nitrogens with two attached hydrogens (primary N) is 1. The van der Waals surface area contributed by atoms with Crippen LogP contribution < -0.4 is 15.2 Å². The number of hydrogen-bond acceptors (Lipinski definition) is 9. The van der Waals surface area contributed by atoms with Crippen molar-refractivity contribution in [2.45, 2.75) is 31.3 Å². The molecule has 2 aromatic heterocycles. The van der Waals surface area contributed by atoms with E-state index in [0.717, 1.165) is 30.5 Å². The average Bonchev–Trinajstić information content (AvgIpc) is 2.98. The first-order chi connectivity index (χ1) is 13.2. The van der Waals surface area contributed by atoms with Gasteiger partial charge in [0.15, 0.2) is 16.7 Å². The summed E-state index contributed by atoms with van der Waals surface area (Å²) in [5.74, 6) is 0.997. The fraction of sp³-hybridized carbons (Fsp3) is 0.438. The number of carboxylic acid groups (broad SMARTS) is 2. The van der Waals surface area contributed by atoms with Crippen molar-refractivity contribution in [3.63, 3.8) is 0 Å². The molecule has 2 heterocycles. The van der Waals surface area contributed by atoms with Gasteiger partial charge in [0.25, 0.3) is 11.9 Å². The van der Waals surface area contributed by atoms with E-state index in [0.29, 0.717) is 23.8 Å². The van der Waals surface area contributed by atoms with Crippen molar-refractivity contribution in [1.82, 2.24) is 19.7 Å². The summed E-state index contributed by atoms with van der Waals surface area (Å²) in [6.07, 6.45) is 1.69. The molecule has 4 N–H and O–H groups in total. The molecule has 156 valence electrons. The molecule has 28 heavy (non-hydrogen) atoms. The maximum absolute atomic E-state index is 9.00. The van der Waals surface area contributed by atoms with E-state index in [9.17, 15) is 0 Å². The van der Waals surface area contributed by atoms with Gasteiger partial charge in [-0.3, -0.25) is 14.6 Å². The third-order valence-electron chi connectivity index (χ3n) is 2.81. The third kappa shape index (κ3) is 9.19. The molecule has 0 aliphatic carbocycles. The lowest BCUT2D eigenvalue weighted by molar-refractivity contribution is -0.135. The van der Waals surface area contributed by atoms with E-state index >= 15 is 0 Å². The number of rotatable bonds is 6. The third-order valence-corrected chi connectivity index (χ3v) is 3.84. The zero-order valence-electron chi connectivity index (χ0n) is 16.4. The Morgan fingerprint density at radius 2 is 1.75 bits per heavy atom. The van der Waals surface area contributed by atoms with Crippen LogP contribution >= 0.6 is 11.8 Å². The van der Waals surface area contributed by atoms with Crippen LogP contribution in [0, 0.1) is 0 Å². The summed E-state index contributed by atoms with van der Waals surface area (Å²) in [5.41, 5.74) is 6.37. The van der Waals surface area contributed by atoms with Gasteiger partial charge in [-0.1, -0.05) is 11.8 Å². The number of nitrogens with zero attached hydrogens (tertiary/aromatic N) is 4. The zero-order chi connectivity index (χ0) is 21.7. The smallest absolute Gasteiger partial charge is 0.300 e. The monoisotopic (exact) mass is 415 g/mol. The molecule has 0 atom stereocenters. The molecule has 0 bridgehead atoms. The predicted octanol–water partition coefficient (Wildman–Crippen LogP) is 1.16. The second-order valence-corrected chi connectivity index (χ2v) is 5.92. The molecule has 0 unspecified atom stereocenters. The number of carboxylic acids is 2. The fourth-order valence-electron chi connectivity index (χ4n) is 1.73. The first kappa shape index (κ1) is 25.1. The van der Waals surface area contributed by atoms with E-state index in [-0.39, 0.29) is 0 Å². The number of aliphatic carboxylic acids is 2. The summed E-state index contributed by atoms with van der Waals surface area (Å²) in [7, 11) is 5.09. The van der Waals surface area contributed by atoms with Crippen molar-refractivity contribution in [2.24, 2.45) is 12.8 Å². The molecule has 0 saturated heterocycles. The van der Waals surface area contributed by atoms with Gasteiger partial charge in [0, 0.05) is 38.9 Å². The van der Waals surface area contributed by atoms with E-state index in [1.54, 1.807) is 26.5 Å². The number of thioether (sulfide) groups is 1. The van der Waals surface area contributed by atoms with Crippen molar-refractivity contribution >= 4 is 23.7 Å². The molecule has 0 spiro atoms. The number of methoxy groups -OCH3 is 2. The second kappa shape index (κ2) is 13.3. The van der Waals surface area contributed by atoms with Crippen molar-refractivity contribution in [1.29, 1.82) is 0 Å². The molecular formula is C16H25N5O6S. The Labute approximate surface area is 166 Å². The SMILES string of the molecule is CC(=O)O.CC(=O)O.COc1ccnc(CSc2nnc(CN)n2C)c1OC. The number of pyridine rings is 1. The largest absolute Gasteiger partial charge is 0.493 e. The van der Waals surface area contributed by atoms with Gasteiger partial charge in [0.05, 0.1) is 26.5 Å². The number of aromatic nitrogens is 4. The Balaban J connectivity index is 0.000000776. The van der Waals surface area contributed by atoms with Gasteiger partial charge in [-0.2, -0.15) is 0 Å². The first-order valence-electron chi connectivity index (χ1n) is 7.83. The Bertz CT molecular complexity index is 748. The maximum atomic E-state index is 9.00. The second-order valence-electron chi connectivity index (χ2n) is 4.98. The molecule has 0 saturated carbocycles. The lowest BCUT2D eigenvalue weighted by Gasteiger charge is -2.11. The number of carbonyl (C=O) groups is 2. The molecule has 12 heteroatoms. The normalized spacial score (nSPS) is 9.36. The van der Waals surface area contributed by atoms with Crippen LogP contribution in [0.5, 0.6) is 11.5 Å². The van der Waals surface area contributed by atoms with Gasteiger partial charge in [-0.25, -0.2) is 0 Å². The van der Waals surface area contributed by atoms with Crippen LogP contribution in [0.2, 0.25) is 0 Å². The van der Waals surface area contributed by atoms with Crippen LogP contribution in [0.15, 0.2) is 17.4 Å². The standard InChI is InChI=1S/C12H17N5O2S.2C2H4O2/c1-17-10(6-13)15-16-12(17)20-7-8-11(19-3)9(18-2)4-5-14-8;2*1-2(3)4/h4-5H,6-7,13H2,1-3H3;2*1H3,(H,3,4). The van der Waals surface area contributed by atoms with Gasteiger partial charge in [-0.15, -0.1) is 10.2 Å². The Hall–Kier alpha value is -2.86. The highest BCUT2D eigenvalue weighted by molar-refractivity contribution is 7.98. The quantitative estimate of drug-likeness (QED) is 0.580. The van der Waals surface area contributed by atoms with Crippen molar-refractivity contribution in [3.8, 4) is 11.5 Å². The molecule has 0 aliphatic rings. The van der Waals surface area contributed by atoms with E-state index < -0.39 is 11.9 Å². The van der Waals surface area contributed by atoms with Crippen LogP contribution in [-0.2, 0) is 28.9 Å². The van der Waals surface area contributed by atoms with Gasteiger partial charge >= 0.3 is 0 Å². The van der Waals surface area contributed by atoms with Gasteiger partial charge in [-0.05, 0) is 0 Å². The van der Waals surface area contributed by atoms with Crippen molar-refractivity contribution in [2.75, 3.05) is 14.2 Å². The molecule has 11 nitrogen and oxygen atoms in total. The highest BCUT2D eigenvalue weighted by Gasteiger charge is 2.14. The number of hydrogen-bond donors (Lipinski definition) is 3. The molecule has 2 aromatic rings. The van der Waals surface area contributed by atoms with Crippen LogP contribution in [0.3, 0.4) is 0 Å². The Kier molecular flexibility index (Phi) is 12.0. The lowest BCUT2D eigenvalue weighted by atomic mass is 10.3. The summed E-state index contributed by atoms with van der Waals surface area (Å²) in [4.78, 5) is 22.3. The molecule has 0 radical (unpaired) electrons. The summed E-state index contributed by atoms with van der Waals surface area (Å²) < 4.78 is 12.5. The van der Waals surface area contributed by atoms with Gasteiger partial charge in [0.1, 0.15) is 5.82 Å². The summed E-state index contributed by atoms with van der Waals surface area (Å²) in [6, 6.07) is 1.77. The maximum Gasteiger partial charge on any atom is 0.300 e. The lowest BCUT2D eigenvalue weighted by Crippen LogP contribution is -2.05. The average molecular weight is 415 g/mol. The van der Waals surface area contributed by atoms with Gasteiger partial charge < -0.3 is 30.0 Å². The predicted molar refractivity (Wildman–Crippen MR) is 102 cm³/mol. The van der Waals surface area contributed by atoms with Crippen LogP contribution in [0.25, 0.3) is 0 Å². The highest BCUT2D eigenvalue weighted by atomic mass is 32.2. The van der Waals surface area contributed by atoms with Crippen molar-refractivity contribution in [3.05, 3.63) is 23.8 Å². The molecular weight excluding hydrogens is 390 g/mol. The molecule has 0 aliphatic heterocycles. The van der Waals surface area contributed by atoms with E-state index in [1.165, 1.54) is 11.8 Å². The molecule has 0 aromatic carbocycles. The van der Waals surface area contributed by atoms with E-state index in [4.69, 9.17) is 35.0 Å². The molecule has 0 fully saturated rings. The van der Waals surface area contributed by atoms with Crippen LogP contribution in [0.4, 0.5) is 0 Å². The zero-order valence-corrected chi connectivity index (χ0v) is 17.2. The Morgan fingerprint density at radius 3 is 2.18 bits per heavy atom. The Morgan fingerprint density at radius 1 is 1.18 bits per heavy atom. The molecule has 2 rings (SSSR count). The summed E-state index contributed by atoms with van der Waals surface area (Å²) in [5, 5.41) is 23.7. The summed E-state index contributed by atoms with van der Waals surface area (Å²) >= 11 is 1.52. The van der Waals surface area contributed by atoms with Crippen molar-refractivity contribution < 1.29 is 29.3 Å². The fourth-order valence-corrected chi connectivity index (χ4v) is 2.60. The first-order valence-corrected chi connectivity index (χ1v) is 8.82. The van der Waals surface area contributed by atoms with Crippen LogP contribution in [-0.4, -0.2) is 56.1 Å². The van der Waals surface area contributed by atoms with Gasteiger partial charge in [0.2, 0.25) is 0 Å². The minimum Gasteiger partial charge on any atom is -0.493 e. The molecule has 0 amide bonds. The van der Waals surface area contributed by atoms with Crippen LogP contribution in [0.1, 0.15) is 25.4 Å². The van der Waals surface area contributed by atoms with E-state index in [1.807, 2.05) is 11.6 Å². The van der Waals surface area contributed by atoms with E-state index in [2.05, 4.69) is 15.2 Å². The number of ether oxygens (including phenoxy) is 2. The highest BCUT2D eigenvalue weighted by Crippen LogP contribution is 2.32. The summed E-state index contributed by atoms with van der Waals surface area (Å²) in [6.45, 7) is 2.53. The topological polar surface area (TPSA) is 163 Å². The minimum absolute atomic E-state index is 0.366. The minimum atomic E-state index is -0.833.